The van der Waals surface area contributed by atoms with Gasteiger partial charge in [-0.25, -0.2) is 4.79 Å². The molecule has 1 N–H and O–H groups in total. The molecule has 0 radical (unpaired) electrons. The molecule has 0 atom stereocenters. The summed E-state index contributed by atoms with van der Waals surface area (Å²) in [5, 5.41) is 18.4. The lowest BCUT2D eigenvalue weighted by Crippen LogP contribution is -2.00. The molecule has 172 valence electrons. The highest BCUT2D eigenvalue weighted by Crippen LogP contribution is 2.28. The van der Waals surface area contributed by atoms with E-state index in [4.69, 9.17) is 14.6 Å². The number of carbonyl (C=O) groups is 1. The molecule has 3 aromatic carbocycles. The molecule has 4 aromatic rings. The van der Waals surface area contributed by atoms with Crippen molar-refractivity contribution in [3.05, 3.63) is 125 Å². The zero-order valence-corrected chi connectivity index (χ0v) is 18.8. The van der Waals surface area contributed by atoms with Crippen LogP contribution in [-0.4, -0.2) is 16.1 Å². The van der Waals surface area contributed by atoms with Crippen LogP contribution in [0.3, 0.4) is 0 Å². The number of ether oxygens (including phenoxy) is 2. The highest BCUT2D eigenvalue weighted by molar-refractivity contribution is 5.87. The Morgan fingerprint density at radius 2 is 1.71 bits per heavy atom. The van der Waals surface area contributed by atoms with Crippen molar-refractivity contribution >= 4 is 18.1 Å². The normalized spacial score (nSPS) is 10.6. The fourth-order valence-corrected chi connectivity index (χ4v) is 3.34. The summed E-state index contributed by atoms with van der Waals surface area (Å²) >= 11 is 0. The molecule has 0 aliphatic carbocycles. The van der Waals surface area contributed by atoms with E-state index in [1.165, 1.54) is 12.3 Å². The van der Waals surface area contributed by atoms with Crippen LogP contribution in [0.1, 0.15) is 38.3 Å². The van der Waals surface area contributed by atoms with Gasteiger partial charge in [0.2, 0.25) is 0 Å². The monoisotopic (exact) mass is 462 g/mol. The van der Waals surface area contributed by atoms with E-state index < -0.39 is 5.97 Å². The number of carboxylic acids is 1. The van der Waals surface area contributed by atoms with E-state index in [0.29, 0.717) is 29.4 Å². The van der Waals surface area contributed by atoms with Crippen LogP contribution >= 0.6 is 0 Å². The summed E-state index contributed by atoms with van der Waals surface area (Å²) in [5.41, 5.74) is 3.93. The second kappa shape index (κ2) is 11.3. The van der Waals surface area contributed by atoms with Crippen LogP contribution in [0.25, 0.3) is 12.2 Å². The van der Waals surface area contributed by atoms with E-state index in [9.17, 15) is 10.1 Å². The molecular formula is C29H22N2O4. The average Bonchev–Trinajstić information content (AvgIpc) is 2.91. The summed E-state index contributed by atoms with van der Waals surface area (Å²) in [4.78, 5) is 15.2. The first-order valence-electron chi connectivity index (χ1n) is 10.9. The third kappa shape index (κ3) is 6.34. The van der Waals surface area contributed by atoms with Crippen LogP contribution in [-0.2, 0) is 13.2 Å². The molecule has 1 aromatic heterocycles. The van der Waals surface area contributed by atoms with Crippen LogP contribution in [0.4, 0.5) is 0 Å². The number of nitriles is 1. The first-order valence-corrected chi connectivity index (χ1v) is 10.9. The van der Waals surface area contributed by atoms with Gasteiger partial charge < -0.3 is 14.6 Å². The molecule has 6 heteroatoms. The molecule has 6 nitrogen and oxygen atoms in total. The second-order valence-corrected chi connectivity index (χ2v) is 7.64. The quantitative estimate of drug-likeness (QED) is 0.329. The summed E-state index contributed by atoms with van der Waals surface area (Å²) < 4.78 is 12.0. The van der Waals surface area contributed by atoms with Crippen molar-refractivity contribution in [1.29, 1.82) is 5.26 Å². The Hall–Kier alpha value is -4.89. The molecule has 0 aliphatic rings. The smallest absolute Gasteiger partial charge is 0.337 e. The fourth-order valence-electron chi connectivity index (χ4n) is 3.34. The van der Waals surface area contributed by atoms with E-state index in [0.717, 1.165) is 16.7 Å². The van der Waals surface area contributed by atoms with Crippen molar-refractivity contribution in [2.45, 2.75) is 13.2 Å². The molecule has 0 bridgehead atoms. The molecule has 0 amide bonds. The molecule has 4 rings (SSSR count). The molecular weight excluding hydrogens is 440 g/mol. The molecule has 0 fully saturated rings. The van der Waals surface area contributed by atoms with Crippen LogP contribution in [0.15, 0.2) is 91.1 Å². The largest absolute Gasteiger partial charge is 0.489 e. The minimum absolute atomic E-state index is 0.127. The van der Waals surface area contributed by atoms with Gasteiger partial charge in [0.05, 0.1) is 22.9 Å². The molecule has 1 heterocycles. The van der Waals surface area contributed by atoms with Crippen molar-refractivity contribution in [3.63, 3.8) is 0 Å². The van der Waals surface area contributed by atoms with Gasteiger partial charge in [0.25, 0.3) is 0 Å². The van der Waals surface area contributed by atoms with Gasteiger partial charge in [-0.3, -0.25) is 4.98 Å². The molecule has 35 heavy (non-hydrogen) atoms. The molecule has 0 unspecified atom stereocenters. The molecule has 0 saturated carbocycles. The van der Waals surface area contributed by atoms with Crippen molar-refractivity contribution in [1.82, 2.24) is 4.98 Å². The summed E-state index contributed by atoms with van der Waals surface area (Å²) in [5.74, 6) is 0.267. The predicted octanol–water partition coefficient (Wildman–Crippen LogP) is 5.98. The summed E-state index contributed by atoms with van der Waals surface area (Å²) in [6.45, 7) is 0.665. The van der Waals surface area contributed by atoms with Crippen LogP contribution in [0.5, 0.6) is 11.5 Å². The van der Waals surface area contributed by atoms with Crippen molar-refractivity contribution in [2.75, 3.05) is 0 Å². The zero-order chi connectivity index (χ0) is 24.5. The third-order valence-electron chi connectivity index (χ3n) is 5.22. The lowest BCUT2D eigenvalue weighted by molar-refractivity contribution is 0.0696. The number of aromatic nitrogens is 1. The van der Waals surface area contributed by atoms with Crippen molar-refractivity contribution in [2.24, 2.45) is 0 Å². The average molecular weight is 463 g/mol. The standard InChI is InChI=1S/C29H22N2O4/c30-17-23-8-4-5-9-25(23)20-34-27-14-15-28(35-19-21-6-2-1-3-7-21)22(16-27)10-12-26-13-11-24(18-31-26)29(32)33/h1-16,18H,19-20H2,(H,32,33)/b12-10+. The Balaban J connectivity index is 1.56. The number of pyridine rings is 1. The predicted molar refractivity (Wildman–Crippen MR) is 133 cm³/mol. The number of nitrogens with zero attached hydrogens (tertiary/aromatic N) is 2. The van der Waals surface area contributed by atoms with Gasteiger partial charge in [-0.05, 0) is 54.1 Å². The Morgan fingerprint density at radius 3 is 2.46 bits per heavy atom. The van der Waals surface area contributed by atoms with E-state index >= 15 is 0 Å². The van der Waals surface area contributed by atoms with Gasteiger partial charge in [0.15, 0.2) is 0 Å². The third-order valence-corrected chi connectivity index (χ3v) is 5.22. The van der Waals surface area contributed by atoms with Gasteiger partial charge in [-0.1, -0.05) is 48.5 Å². The number of aromatic carboxylic acids is 1. The topological polar surface area (TPSA) is 92.4 Å². The van der Waals surface area contributed by atoms with E-state index in [-0.39, 0.29) is 12.2 Å². The summed E-state index contributed by atoms with van der Waals surface area (Å²) in [6, 6.07) is 28.0. The lowest BCUT2D eigenvalue weighted by atomic mass is 10.1. The van der Waals surface area contributed by atoms with E-state index in [1.807, 2.05) is 72.8 Å². The van der Waals surface area contributed by atoms with Crippen molar-refractivity contribution < 1.29 is 19.4 Å². The number of carboxylic acid groups (broad SMARTS) is 1. The maximum Gasteiger partial charge on any atom is 0.337 e. The molecule has 0 aliphatic heterocycles. The summed E-state index contributed by atoms with van der Waals surface area (Å²) in [6.07, 6.45) is 4.95. The zero-order valence-electron chi connectivity index (χ0n) is 18.8. The number of benzene rings is 3. The summed E-state index contributed by atoms with van der Waals surface area (Å²) in [7, 11) is 0. The Kier molecular flexibility index (Phi) is 7.52. The van der Waals surface area contributed by atoms with E-state index in [2.05, 4.69) is 11.1 Å². The van der Waals surface area contributed by atoms with Gasteiger partial charge in [-0.15, -0.1) is 0 Å². The first-order chi connectivity index (χ1) is 17.1. The van der Waals surface area contributed by atoms with Crippen LogP contribution < -0.4 is 9.47 Å². The maximum absolute atomic E-state index is 11.1. The second-order valence-electron chi connectivity index (χ2n) is 7.64. The highest BCUT2D eigenvalue weighted by Gasteiger charge is 2.08. The maximum atomic E-state index is 11.1. The lowest BCUT2D eigenvalue weighted by Gasteiger charge is -2.13. The number of hydrogen-bond donors (Lipinski definition) is 1. The van der Waals surface area contributed by atoms with Crippen LogP contribution in [0, 0.1) is 11.3 Å². The Bertz CT molecular complexity index is 1370. The van der Waals surface area contributed by atoms with Gasteiger partial charge in [0.1, 0.15) is 24.7 Å². The number of hydrogen-bond acceptors (Lipinski definition) is 5. The van der Waals surface area contributed by atoms with Gasteiger partial charge >= 0.3 is 5.97 Å². The number of rotatable bonds is 9. The Labute approximate surface area is 203 Å². The van der Waals surface area contributed by atoms with Crippen molar-refractivity contribution in [3.8, 4) is 17.6 Å². The Morgan fingerprint density at radius 1 is 0.914 bits per heavy atom. The van der Waals surface area contributed by atoms with E-state index in [1.54, 1.807) is 18.2 Å². The first kappa shape index (κ1) is 23.3. The molecule has 0 saturated heterocycles. The minimum Gasteiger partial charge on any atom is -0.489 e. The minimum atomic E-state index is -1.02. The SMILES string of the molecule is N#Cc1ccccc1COc1ccc(OCc2ccccc2)c(/C=C/c2ccc(C(=O)O)cn2)c1. The van der Waals surface area contributed by atoms with Gasteiger partial charge in [0, 0.05) is 17.3 Å². The molecule has 0 spiro atoms. The van der Waals surface area contributed by atoms with Gasteiger partial charge in [-0.2, -0.15) is 5.26 Å². The van der Waals surface area contributed by atoms with Crippen LogP contribution in [0.2, 0.25) is 0 Å². The highest BCUT2D eigenvalue weighted by atomic mass is 16.5. The fraction of sp³-hybridized carbons (Fsp3) is 0.0690.